The Kier molecular flexibility index (Phi) is 7.25. The molecule has 31 heavy (non-hydrogen) atoms. The van der Waals surface area contributed by atoms with E-state index in [1.807, 2.05) is 38.1 Å². The Labute approximate surface area is 180 Å². The molecule has 1 atom stereocenters. The topological polar surface area (TPSA) is 91.7 Å². The molecule has 164 valence electrons. The predicted octanol–water partition coefficient (Wildman–Crippen LogP) is 2.62. The molecule has 0 radical (unpaired) electrons. The number of carbonyl (C=O) groups excluding carboxylic acids is 1. The average Bonchev–Trinajstić information content (AvgIpc) is 2.76. The van der Waals surface area contributed by atoms with Gasteiger partial charge < -0.3 is 19.5 Å². The zero-order valence-corrected chi connectivity index (χ0v) is 18.2. The minimum atomic E-state index is -0.291. The van der Waals surface area contributed by atoms with Crippen LogP contribution in [0.5, 0.6) is 11.5 Å². The second-order valence-electron chi connectivity index (χ2n) is 7.19. The molecule has 1 N–H and O–H groups in total. The lowest BCUT2D eigenvalue weighted by Crippen LogP contribution is -2.34. The number of carbonyl (C=O) groups is 1. The fourth-order valence-electron chi connectivity index (χ4n) is 3.28. The summed E-state index contributed by atoms with van der Waals surface area (Å²) in [5.74, 6) is 0.883. The van der Waals surface area contributed by atoms with E-state index in [0.29, 0.717) is 35.6 Å². The molecule has 8 heteroatoms. The largest absolute Gasteiger partial charge is 0.493 e. The lowest BCUT2D eigenvalue weighted by atomic mass is 10.1. The fraction of sp³-hybridized carbons (Fsp3) is 0.348. The van der Waals surface area contributed by atoms with Gasteiger partial charge in [-0.25, -0.2) is 4.98 Å². The van der Waals surface area contributed by atoms with Crippen molar-refractivity contribution in [2.75, 3.05) is 27.4 Å². The van der Waals surface area contributed by atoms with Gasteiger partial charge in [-0.1, -0.05) is 18.2 Å². The second-order valence-corrected chi connectivity index (χ2v) is 7.19. The summed E-state index contributed by atoms with van der Waals surface area (Å²) in [7, 11) is 3.17. The number of rotatable bonds is 9. The number of benzene rings is 2. The monoisotopic (exact) mass is 425 g/mol. The molecule has 1 aromatic heterocycles. The van der Waals surface area contributed by atoms with Gasteiger partial charge in [-0.15, -0.1) is 0 Å². The molecule has 1 unspecified atom stereocenters. The summed E-state index contributed by atoms with van der Waals surface area (Å²) in [6.45, 7) is 4.53. The van der Waals surface area contributed by atoms with Crippen LogP contribution in [0.15, 0.2) is 47.5 Å². The Morgan fingerprint density at radius 3 is 2.71 bits per heavy atom. The first kappa shape index (κ1) is 22.3. The van der Waals surface area contributed by atoms with Crippen LogP contribution in [0.2, 0.25) is 0 Å². The molecule has 3 rings (SSSR count). The van der Waals surface area contributed by atoms with Crippen LogP contribution in [0, 0.1) is 6.92 Å². The minimum Gasteiger partial charge on any atom is -0.493 e. The molecule has 1 amide bonds. The maximum atomic E-state index is 12.7. The predicted molar refractivity (Wildman–Crippen MR) is 118 cm³/mol. The van der Waals surface area contributed by atoms with Crippen molar-refractivity contribution >= 4 is 16.8 Å². The van der Waals surface area contributed by atoms with Gasteiger partial charge in [-0.05, 0) is 43.2 Å². The highest BCUT2D eigenvalue weighted by Gasteiger charge is 2.15. The highest BCUT2D eigenvalue weighted by Crippen LogP contribution is 2.30. The molecule has 0 spiro atoms. The zero-order chi connectivity index (χ0) is 22.4. The summed E-state index contributed by atoms with van der Waals surface area (Å²) in [6, 6.07) is 10.6. The molecule has 1 heterocycles. The summed E-state index contributed by atoms with van der Waals surface area (Å²) < 4.78 is 17.3. The van der Waals surface area contributed by atoms with E-state index in [4.69, 9.17) is 14.2 Å². The molecule has 0 fully saturated rings. The van der Waals surface area contributed by atoms with Crippen molar-refractivity contribution in [1.29, 1.82) is 0 Å². The summed E-state index contributed by atoms with van der Waals surface area (Å²) in [4.78, 5) is 29.6. The number of methoxy groups -OCH3 is 2. The SMILES string of the molecule is COCCOc1ccc(C(C)NC(=O)Cn2cnc3c(C)cccc3c2=O)cc1OC. The first-order chi connectivity index (χ1) is 14.9. The number of amides is 1. The number of hydrogen-bond donors (Lipinski definition) is 1. The number of aryl methyl sites for hydroxylation is 1. The zero-order valence-electron chi connectivity index (χ0n) is 18.2. The van der Waals surface area contributed by atoms with E-state index in [-0.39, 0.29) is 24.1 Å². The molecule has 0 aliphatic rings. The summed E-state index contributed by atoms with van der Waals surface area (Å²) >= 11 is 0. The van der Waals surface area contributed by atoms with Crippen LogP contribution in [0.1, 0.15) is 24.1 Å². The first-order valence-electron chi connectivity index (χ1n) is 9.98. The smallest absolute Gasteiger partial charge is 0.261 e. The van der Waals surface area contributed by atoms with Gasteiger partial charge in [0.25, 0.3) is 5.56 Å². The van der Waals surface area contributed by atoms with E-state index < -0.39 is 0 Å². The van der Waals surface area contributed by atoms with Gasteiger partial charge in [0.05, 0.1) is 37.0 Å². The average molecular weight is 425 g/mol. The van der Waals surface area contributed by atoms with Crippen molar-refractivity contribution in [3.63, 3.8) is 0 Å². The lowest BCUT2D eigenvalue weighted by Gasteiger charge is -2.17. The number of ether oxygens (including phenoxy) is 3. The molecular weight excluding hydrogens is 398 g/mol. The van der Waals surface area contributed by atoms with Crippen molar-refractivity contribution < 1.29 is 19.0 Å². The maximum absolute atomic E-state index is 12.7. The van der Waals surface area contributed by atoms with Crippen LogP contribution < -0.4 is 20.3 Å². The number of para-hydroxylation sites is 1. The van der Waals surface area contributed by atoms with E-state index in [0.717, 1.165) is 11.1 Å². The summed E-state index contributed by atoms with van der Waals surface area (Å²) in [6.07, 6.45) is 1.41. The number of fused-ring (bicyclic) bond motifs is 1. The van der Waals surface area contributed by atoms with Crippen LogP contribution in [0.4, 0.5) is 0 Å². The molecule has 0 saturated heterocycles. The van der Waals surface area contributed by atoms with Crippen molar-refractivity contribution in [3.05, 3.63) is 64.2 Å². The van der Waals surface area contributed by atoms with Gasteiger partial charge in [0.2, 0.25) is 5.91 Å². The maximum Gasteiger partial charge on any atom is 0.261 e. The molecule has 0 aliphatic heterocycles. The summed E-state index contributed by atoms with van der Waals surface area (Å²) in [5, 5.41) is 3.41. The molecule has 0 aliphatic carbocycles. The number of nitrogens with zero attached hydrogens (tertiary/aromatic N) is 2. The Balaban J connectivity index is 1.70. The van der Waals surface area contributed by atoms with Gasteiger partial charge in [-0.3, -0.25) is 14.2 Å². The normalized spacial score (nSPS) is 11.9. The van der Waals surface area contributed by atoms with Crippen LogP contribution in [-0.2, 0) is 16.1 Å². The van der Waals surface area contributed by atoms with Gasteiger partial charge in [0.1, 0.15) is 13.2 Å². The van der Waals surface area contributed by atoms with Gasteiger partial charge in [0, 0.05) is 7.11 Å². The first-order valence-corrected chi connectivity index (χ1v) is 9.98. The highest BCUT2D eigenvalue weighted by atomic mass is 16.5. The van der Waals surface area contributed by atoms with Gasteiger partial charge in [-0.2, -0.15) is 0 Å². The van der Waals surface area contributed by atoms with Crippen molar-refractivity contribution in [2.45, 2.75) is 26.4 Å². The van der Waals surface area contributed by atoms with E-state index >= 15 is 0 Å². The molecule has 0 bridgehead atoms. The van der Waals surface area contributed by atoms with E-state index in [2.05, 4.69) is 10.3 Å². The Hall–Kier alpha value is -3.39. The quantitative estimate of drug-likeness (QED) is 0.530. The molecule has 0 saturated carbocycles. The third kappa shape index (κ3) is 5.21. The van der Waals surface area contributed by atoms with Crippen LogP contribution >= 0.6 is 0 Å². The fourth-order valence-corrected chi connectivity index (χ4v) is 3.28. The lowest BCUT2D eigenvalue weighted by molar-refractivity contribution is -0.122. The number of nitrogens with one attached hydrogen (secondary N) is 1. The molecule has 8 nitrogen and oxygen atoms in total. The minimum absolute atomic E-state index is 0.116. The van der Waals surface area contributed by atoms with Gasteiger partial charge in [0.15, 0.2) is 11.5 Å². The van der Waals surface area contributed by atoms with Crippen LogP contribution in [-0.4, -0.2) is 42.9 Å². The van der Waals surface area contributed by atoms with E-state index in [1.165, 1.54) is 10.9 Å². The molecule has 2 aromatic carbocycles. The van der Waals surface area contributed by atoms with E-state index in [9.17, 15) is 9.59 Å². The van der Waals surface area contributed by atoms with Crippen molar-refractivity contribution in [1.82, 2.24) is 14.9 Å². The third-order valence-electron chi connectivity index (χ3n) is 4.98. The highest BCUT2D eigenvalue weighted by molar-refractivity contribution is 5.81. The van der Waals surface area contributed by atoms with E-state index in [1.54, 1.807) is 26.4 Å². The Morgan fingerprint density at radius 2 is 1.97 bits per heavy atom. The Morgan fingerprint density at radius 1 is 1.16 bits per heavy atom. The summed E-state index contributed by atoms with van der Waals surface area (Å²) in [5.41, 5.74) is 2.18. The van der Waals surface area contributed by atoms with Crippen LogP contribution in [0.3, 0.4) is 0 Å². The van der Waals surface area contributed by atoms with Gasteiger partial charge >= 0.3 is 0 Å². The van der Waals surface area contributed by atoms with Crippen molar-refractivity contribution in [2.24, 2.45) is 0 Å². The van der Waals surface area contributed by atoms with Crippen LogP contribution in [0.25, 0.3) is 10.9 Å². The third-order valence-corrected chi connectivity index (χ3v) is 4.98. The molecular formula is C23H27N3O5. The second kappa shape index (κ2) is 10.1. The standard InChI is InChI=1S/C23H27N3O5/c1-15-6-5-7-18-22(15)24-14-26(23(18)28)13-21(27)25-16(2)17-8-9-19(20(12-17)30-4)31-11-10-29-3/h5-9,12,14,16H,10-11,13H2,1-4H3,(H,25,27). The molecule has 3 aromatic rings. The number of aromatic nitrogens is 2. The Bertz CT molecular complexity index is 1130. The van der Waals surface area contributed by atoms with Crippen molar-refractivity contribution in [3.8, 4) is 11.5 Å². The number of hydrogen-bond acceptors (Lipinski definition) is 6.